The number of nitrogens with zero attached hydrogens (tertiary/aromatic N) is 4. The highest BCUT2D eigenvalue weighted by Gasteiger charge is 2.10. The van der Waals surface area contributed by atoms with E-state index in [0.29, 0.717) is 0 Å². The van der Waals surface area contributed by atoms with Gasteiger partial charge in [0.2, 0.25) is 5.91 Å². The van der Waals surface area contributed by atoms with E-state index in [4.69, 9.17) is 0 Å². The molecule has 2 aromatic rings. The fourth-order valence-corrected chi connectivity index (χ4v) is 2.65. The number of carbonyl (C=O) groups excluding carboxylic acids is 1. The number of amides is 1. The van der Waals surface area contributed by atoms with Crippen LogP contribution in [0.15, 0.2) is 30.5 Å². The molecule has 1 aromatic heterocycles. The molecule has 0 unspecified atom stereocenters. The molecule has 1 aliphatic rings. The average Bonchev–Trinajstić information content (AvgIpc) is 3.03. The van der Waals surface area contributed by atoms with E-state index < -0.39 is 0 Å². The van der Waals surface area contributed by atoms with Crippen molar-refractivity contribution in [3.63, 3.8) is 0 Å². The molecule has 0 atom stereocenters. The molecule has 1 saturated heterocycles. The van der Waals surface area contributed by atoms with Crippen molar-refractivity contribution in [2.45, 2.75) is 13.5 Å². The van der Waals surface area contributed by atoms with Crippen LogP contribution in [0.5, 0.6) is 0 Å². The fourth-order valence-electron chi connectivity index (χ4n) is 2.65. The standard InChI is InChI=1S/C16H22N6O.ClH/c1-13(23)18-15-4-2-14(3-5-15)16-12-22(20-19-16)11-10-21-8-6-17-7-9-21;/h2-5,12,17H,6-11H2,1H3,(H,18,23);1H. The molecule has 1 aromatic carbocycles. The first-order valence-electron chi connectivity index (χ1n) is 7.92. The molecule has 1 amide bonds. The van der Waals surface area contributed by atoms with Crippen LogP contribution in [0.1, 0.15) is 6.92 Å². The van der Waals surface area contributed by atoms with E-state index >= 15 is 0 Å². The van der Waals surface area contributed by atoms with Gasteiger partial charge in [0.1, 0.15) is 5.69 Å². The van der Waals surface area contributed by atoms with Crippen LogP contribution >= 0.6 is 12.4 Å². The Labute approximate surface area is 147 Å². The molecule has 0 saturated carbocycles. The van der Waals surface area contributed by atoms with Gasteiger partial charge < -0.3 is 10.6 Å². The first-order chi connectivity index (χ1) is 11.2. The minimum atomic E-state index is -0.0726. The van der Waals surface area contributed by atoms with Crippen LogP contribution in [-0.2, 0) is 11.3 Å². The van der Waals surface area contributed by atoms with Crippen molar-refractivity contribution in [2.75, 3.05) is 38.0 Å². The van der Waals surface area contributed by atoms with Crippen LogP contribution in [0.4, 0.5) is 5.69 Å². The minimum Gasteiger partial charge on any atom is -0.326 e. The fraction of sp³-hybridized carbons (Fsp3) is 0.438. The summed E-state index contributed by atoms with van der Waals surface area (Å²) in [6.07, 6.45) is 1.97. The molecular weight excluding hydrogens is 328 g/mol. The van der Waals surface area contributed by atoms with Gasteiger partial charge >= 0.3 is 0 Å². The van der Waals surface area contributed by atoms with Crippen LogP contribution in [0, 0.1) is 0 Å². The molecule has 3 rings (SSSR count). The SMILES string of the molecule is CC(=O)Nc1ccc(-c2cn(CCN3CCNCC3)nn2)cc1.Cl. The first-order valence-corrected chi connectivity index (χ1v) is 7.92. The van der Waals surface area contributed by atoms with E-state index in [-0.39, 0.29) is 18.3 Å². The van der Waals surface area contributed by atoms with Crippen molar-refractivity contribution < 1.29 is 4.79 Å². The van der Waals surface area contributed by atoms with Gasteiger partial charge in [-0.2, -0.15) is 0 Å². The molecule has 2 heterocycles. The highest BCUT2D eigenvalue weighted by Crippen LogP contribution is 2.19. The summed E-state index contributed by atoms with van der Waals surface area (Å²) in [4.78, 5) is 13.5. The van der Waals surface area contributed by atoms with Gasteiger partial charge in [-0.3, -0.25) is 14.4 Å². The number of rotatable bonds is 5. The Morgan fingerprint density at radius 1 is 1.21 bits per heavy atom. The second kappa shape index (κ2) is 8.77. The smallest absolute Gasteiger partial charge is 0.221 e. The van der Waals surface area contributed by atoms with Gasteiger partial charge in [-0.15, -0.1) is 17.5 Å². The lowest BCUT2D eigenvalue weighted by Crippen LogP contribution is -2.44. The molecule has 1 aliphatic heterocycles. The number of carbonyl (C=O) groups is 1. The quantitative estimate of drug-likeness (QED) is 0.848. The molecular formula is C16H23ClN6O. The molecule has 2 N–H and O–H groups in total. The van der Waals surface area contributed by atoms with Gasteiger partial charge in [-0.1, -0.05) is 17.3 Å². The summed E-state index contributed by atoms with van der Waals surface area (Å²) in [5.41, 5.74) is 2.62. The first kappa shape index (κ1) is 18.4. The molecule has 0 radical (unpaired) electrons. The molecule has 0 aliphatic carbocycles. The number of anilines is 1. The van der Waals surface area contributed by atoms with Gasteiger partial charge in [-0.25, -0.2) is 0 Å². The second-order valence-electron chi connectivity index (χ2n) is 5.72. The lowest BCUT2D eigenvalue weighted by molar-refractivity contribution is -0.114. The highest BCUT2D eigenvalue weighted by molar-refractivity contribution is 5.88. The number of piperazine rings is 1. The van der Waals surface area contributed by atoms with Crippen molar-refractivity contribution in [1.29, 1.82) is 0 Å². The number of benzene rings is 1. The van der Waals surface area contributed by atoms with Gasteiger partial charge in [-0.05, 0) is 12.1 Å². The zero-order valence-corrected chi connectivity index (χ0v) is 14.6. The Morgan fingerprint density at radius 3 is 2.58 bits per heavy atom. The van der Waals surface area contributed by atoms with E-state index in [1.165, 1.54) is 6.92 Å². The number of hydrogen-bond acceptors (Lipinski definition) is 5. The highest BCUT2D eigenvalue weighted by atomic mass is 35.5. The van der Waals surface area contributed by atoms with Crippen molar-refractivity contribution in [3.05, 3.63) is 30.5 Å². The zero-order chi connectivity index (χ0) is 16.1. The summed E-state index contributed by atoms with van der Waals surface area (Å²) >= 11 is 0. The Bertz CT molecular complexity index is 651. The van der Waals surface area contributed by atoms with Crippen LogP contribution in [0.25, 0.3) is 11.3 Å². The normalized spacial score (nSPS) is 14.9. The summed E-state index contributed by atoms with van der Waals surface area (Å²) in [5.74, 6) is -0.0726. The largest absolute Gasteiger partial charge is 0.326 e. The molecule has 7 nitrogen and oxygen atoms in total. The lowest BCUT2D eigenvalue weighted by Gasteiger charge is -2.26. The number of halogens is 1. The van der Waals surface area contributed by atoms with E-state index in [2.05, 4.69) is 25.8 Å². The van der Waals surface area contributed by atoms with Gasteiger partial charge in [0.25, 0.3) is 0 Å². The summed E-state index contributed by atoms with van der Waals surface area (Å²) in [7, 11) is 0. The maximum Gasteiger partial charge on any atom is 0.221 e. The number of hydrogen-bond donors (Lipinski definition) is 2. The summed E-state index contributed by atoms with van der Waals surface area (Å²) in [5, 5.41) is 14.5. The van der Waals surface area contributed by atoms with Gasteiger partial charge in [0, 0.05) is 50.9 Å². The third-order valence-electron chi connectivity index (χ3n) is 3.89. The summed E-state index contributed by atoms with van der Waals surface area (Å²) in [6.45, 7) is 7.63. The molecule has 0 bridgehead atoms. The average molecular weight is 351 g/mol. The van der Waals surface area contributed by atoms with Crippen LogP contribution in [0.2, 0.25) is 0 Å². The Kier molecular flexibility index (Phi) is 6.72. The monoisotopic (exact) mass is 350 g/mol. The topological polar surface area (TPSA) is 75.1 Å². The van der Waals surface area contributed by atoms with Crippen molar-refractivity contribution in [2.24, 2.45) is 0 Å². The van der Waals surface area contributed by atoms with Crippen molar-refractivity contribution in [1.82, 2.24) is 25.2 Å². The predicted molar refractivity (Wildman–Crippen MR) is 96.3 cm³/mol. The minimum absolute atomic E-state index is 0. The molecule has 1 fully saturated rings. The van der Waals surface area contributed by atoms with Crippen LogP contribution in [0.3, 0.4) is 0 Å². The maximum absolute atomic E-state index is 11.0. The second-order valence-corrected chi connectivity index (χ2v) is 5.72. The van der Waals surface area contributed by atoms with Crippen LogP contribution < -0.4 is 10.6 Å². The maximum atomic E-state index is 11.0. The Balaban J connectivity index is 0.00000208. The van der Waals surface area contributed by atoms with E-state index in [0.717, 1.165) is 56.2 Å². The van der Waals surface area contributed by atoms with Crippen molar-refractivity contribution in [3.8, 4) is 11.3 Å². The van der Waals surface area contributed by atoms with E-state index in [9.17, 15) is 4.79 Å². The van der Waals surface area contributed by atoms with Gasteiger partial charge in [0.05, 0.1) is 12.7 Å². The third-order valence-corrected chi connectivity index (χ3v) is 3.89. The Hall–Kier alpha value is -1.96. The third kappa shape index (κ3) is 5.02. The number of nitrogens with one attached hydrogen (secondary N) is 2. The predicted octanol–water partition coefficient (Wildman–Crippen LogP) is 1.23. The molecule has 8 heteroatoms. The Morgan fingerprint density at radius 2 is 1.92 bits per heavy atom. The van der Waals surface area contributed by atoms with Gasteiger partial charge in [0.15, 0.2) is 0 Å². The molecule has 24 heavy (non-hydrogen) atoms. The van der Waals surface area contributed by atoms with Crippen LogP contribution in [-0.4, -0.2) is 58.5 Å². The van der Waals surface area contributed by atoms with E-state index in [1.807, 2.05) is 35.1 Å². The summed E-state index contributed by atoms with van der Waals surface area (Å²) in [6, 6.07) is 7.62. The molecule has 130 valence electrons. The summed E-state index contributed by atoms with van der Waals surface area (Å²) < 4.78 is 1.89. The zero-order valence-electron chi connectivity index (χ0n) is 13.7. The lowest BCUT2D eigenvalue weighted by atomic mass is 10.1. The van der Waals surface area contributed by atoms with Crippen molar-refractivity contribution >= 4 is 24.0 Å². The number of aromatic nitrogens is 3. The van der Waals surface area contributed by atoms with E-state index in [1.54, 1.807) is 0 Å². The molecule has 0 spiro atoms.